The molecule has 6 heteroatoms. The standard InChI is InChI=1S/C18H22N4O2/c19-11-14-1-3-15(4-2-14)18(24)22-10-9-21(12-17(23)13-22)16-5-7-20-8-6-16/h1-8,17,23H,9-13,19H2/t17-/m0/s1. The number of carbonyl (C=O) groups excluding carboxylic acids is 1. The number of benzene rings is 1. The van der Waals surface area contributed by atoms with Crippen LogP contribution in [0.25, 0.3) is 0 Å². The number of aliphatic hydroxyl groups is 1. The van der Waals surface area contributed by atoms with Crippen molar-refractivity contribution in [3.63, 3.8) is 0 Å². The van der Waals surface area contributed by atoms with Crippen LogP contribution in [0.3, 0.4) is 0 Å². The van der Waals surface area contributed by atoms with Gasteiger partial charge >= 0.3 is 0 Å². The SMILES string of the molecule is NCc1ccc(C(=O)N2CCN(c3ccncc3)C[C@H](O)C2)cc1. The molecule has 1 aliphatic rings. The molecular weight excluding hydrogens is 304 g/mol. The summed E-state index contributed by atoms with van der Waals surface area (Å²) in [7, 11) is 0. The summed E-state index contributed by atoms with van der Waals surface area (Å²) in [5, 5.41) is 10.3. The van der Waals surface area contributed by atoms with E-state index in [9.17, 15) is 9.90 Å². The number of nitrogens with two attached hydrogens (primary N) is 1. The van der Waals surface area contributed by atoms with Crippen molar-refractivity contribution in [2.24, 2.45) is 5.73 Å². The number of aromatic nitrogens is 1. The number of carbonyl (C=O) groups is 1. The summed E-state index contributed by atoms with van der Waals surface area (Å²) < 4.78 is 0. The topological polar surface area (TPSA) is 82.7 Å². The van der Waals surface area contributed by atoms with Gasteiger partial charge in [-0.05, 0) is 29.8 Å². The summed E-state index contributed by atoms with van der Waals surface area (Å²) in [6, 6.07) is 11.1. The van der Waals surface area contributed by atoms with Crippen LogP contribution in [0.1, 0.15) is 15.9 Å². The number of hydrogen-bond acceptors (Lipinski definition) is 5. The van der Waals surface area contributed by atoms with Crippen molar-refractivity contribution in [2.75, 3.05) is 31.1 Å². The minimum Gasteiger partial charge on any atom is -0.389 e. The summed E-state index contributed by atoms with van der Waals surface area (Å²) in [5.41, 5.74) is 8.21. The predicted molar refractivity (Wildman–Crippen MR) is 92.7 cm³/mol. The van der Waals surface area contributed by atoms with E-state index >= 15 is 0 Å². The van der Waals surface area contributed by atoms with Crippen molar-refractivity contribution in [3.8, 4) is 0 Å². The summed E-state index contributed by atoms with van der Waals surface area (Å²) in [5.74, 6) is -0.0609. The number of anilines is 1. The highest BCUT2D eigenvalue weighted by atomic mass is 16.3. The number of pyridine rings is 1. The van der Waals surface area contributed by atoms with E-state index < -0.39 is 6.10 Å². The van der Waals surface area contributed by atoms with Gasteiger partial charge in [0.25, 0.3) is 5.91 Å². The number of amides is 1. The van der Waals surface area contributed by atoms with E-state index in [0.717, 1.165) is 11.3 Å². The minimum atomic E-state index is -0.590. The molecule has 24 heavy (non-hydrogen) atoms. The Hall–Kier alpha value is -2.44. The van der Waals surface area contributed by atoms with E-state index in [1.807, 2.05) is 24.3 Å². The van der Waals surface area contributed by atoms with Crippen molar-refractivity contribution in [2.45, 2.75) is 12.6 Å². The first-order chi connectivity index (χ1) is 11.7. The van der Waals surface area contributed by atoms with Crippen LogP contribution in [0, 0.1) is 0 Å². The van der Waals surface area contributed by atoms with Gasteiger partial charge in [0.1, 0.15) is 0 Å². The fourth-order valence-electron chi connectivity index (χ4n) is 2.93. The highest BCUT2D eigenvalue weighted by Gasteiger charge is 2.25. The third-order valence-corrected chi connectivity index (χ3v) is 4.25. The first kappa shape index (κ1) is 16.4. The third-order valence-electron chi connectivity index (χ3n) is 4.25. The lowest BCUT2D eigenvalue weighted by Crippen LogP contribution is -2.37. The van der Waals surface area contributed by atoms with E-state index in [1.54, 1.807) is 29.4 Å². The molecule has 0 saturated carbocycles. The number of β-amino-alcohol motifs (C(OH)–C–C–N with tert-alkyl or cyclic N) is 1. The molecule has 0 unspecified atom stereocenters. The Bertz CT molecular complexity index is 675. The fourth-order valence-corrected chi connectivity index (χ4v) is 2.93. The van der Waals surface area contributed by atoms with Gasteiger partial charge in [-0.3, -0.25) is 9.78 Å². The number of rotatable bonds is 3. The molecule has 1 aromatic carbocycles. The average molecular weight is 326 g/mol. The molecular formula is C18H22N4O2. The Kier molecular flexibility index (Phi) is 5.08. The first-order valence-corrected chi connectivity index (χ1v) is 8.08. The van der Waals surface area contributed by atoms with Gasteiger partial charge in [0.15, 0.2) is 0 Å². The molecule has 1 saturated heterocycles. The smallest absolute Gasteiger partial charge is 0.254 e. The number of hydrogen-bond donors (Lipinski definition) is 2. The van der Waals surface area contributed by atoms with E-state index in [2.05, 4.69) is 9.88 Å². The Morgan fingerprint density at radius 3 is 2.50 bits per heavy atom. The molecule has 0 radical (unpaired) electrons. The van der Waals surface area contributed by atoms with Crippen molar-refractivity contribution in [3.05, 3.63) is 59.9 Å². The maximum absolute atomic E-state index is 12.7. The molecule has 2 heterocycles. The molecule has 6 nitrogen and oxygen atoms in total. The van der Waals surface area contributed by atoms with Crippen LogP contribution < -0.4 is 10.6 Å². The lowest BCUT2D eigenvalue weighted by atomic mass is 10.1. The van der Waals surface area contributed by atoms with Crippen LogP contribution in [0.4, 0.5) is 5.69 Å². The van der Waals surface area contributed by atoms with Gasteiger partial charge in [-0.15, -0.1) is 0 Å². The summed E-state index contributed by atoms with van der Waals surface area (Å²) in [6.07, 6.45) is 2.87. The molecule has 1 aromatic heterocycles. The second kappa shape index (κ2) is 7.42. The largest absolute Gasteiger partial charge is 0.389 e. The van der Waals surface area contributed by atoms with Gasteiger partial charge in [-0.2, -0.15) is 0 Å². The normalized spacial score (nSPS) is 18.3. The Morgan fingerprint density at radius 2 is 1.83 bits per heavy atom. The quantitative estimate of drug-likeness (QED) is 0.874. The highest BCUT2D eigenvalue weighted by molar-refractivity contribution is 5.94. The molecule has 1 aliphatic heterocycles. The van der Waals surface area contributed by atoms with Crippen LogP contribution in [0.5, 0.6) is 0 Å². The molecule has 126 valence electrons. The van der Waals surface area contributed by atoms with Crippen molar-refractivity contribution in [1.29, 1.82) is 0 Å². The zero-order chi connectivity index (χ0) is 16.9. The van der Waals surface area contributed by atoms with Crippen molar-refractivity contribution in [1.82, 2.24) is 9.88 Å². The second-order valence-electron chi connectivity index (χ2n) is 5.96. The molecule has 1 fully saturated rings. The monoisotopic (exact) mass is 326 g/mol. The molecule has 1 atom stereocenters. The van der Waals surface area contributed by atoms with E-state index in [0.29, 0.717) is 38.3 Å². The van der Waals surface area contributed by atoms with Gasteiger partial charge in [0.2, 0.25) is 0 Å². The van der Waals surface area contributed by atoms with Crippen LogP contribution in [-0.2, 0) is 6.54 Å². The van der Waals surface area contributed by atoms with Gasteiger partial charge in [0.05, 0.1) is 6.10 Å². The maximum Gasteiger partial charge on any atom is 0.254 e. The van der Waals surface area contributed by atoms with Crippen LogP contribution in [-0.4, -0.2) is 53.2 Å². The molecule has 2 aromatic rings. The number of nitrogens with zero attached hydrogens (tertiary/aromatic N) is 3. The van der Waals surface area contributed by atoms with E-state index in [-0.39, 0.29) is 5.91 Å². The van der Waals surface area contributed by atoms with E-state index in [1.165, 1.54) is 0 Å². The van der Waals surface area contributed by atoms with Crippen molar-refractivity contribution < 1.29 is 9.90 Å². The summed E-state index contributed by atoms with van der Waals surface area (Å²) >= 11 is 0. The van der Waals surface area contributed by atoms with Crippen LogP contribution >= 0.6 is 0 Å². The highest BCUT2D eigenvalue weighted by Crippen LogP contribution is 2.17. The second-order valence-corrected chi connectivity index (χ2v) is 5.96. The average Bonchev–Trinajstić information content (AvgIpc) is 2.83. The Balaban J connectivity index is 1.71. The molecule has 0 aliphatic carbocycles. The van der Waals surface area contributed by atoms with Gasteiger partial charge < -0.3 is 20.6 Å². The minimum absolute atomic E-state index is 0.0609. The Labute approximate surface area is 141 Å². The van der Waals surface area contributed by atoms with Gasteiger partial charge in [0, 0.05) is 56.4 Å². The van der Waals surface area contributed by atoms with Gasteiger partial charge in [-0.1, -0.05) is 12.1 Å². The zero-order valence-electron chi connectivity index (χ0n) is 13.5. The van der Waals surface area contributed by atoms with Crippen LogP contribution in [0.15, 0.2) is 48.8 Å². The summed E-state index contributed by atoms with van der Waals surface area (Å²) in [4.78, 5) is 20.5. The number of aliphatic hydroxyl groups excluding tert-OH is 1. The summed E-state index contributed by atoms with van der Waals surface area (Å²) in [6.45, 7) is 2.53. The Morgan fingerprint density at radius 1 is 1.12 bits per heavy atom. The zero-order valence-corrected chi connectivity index (χ0v) is 13.5. The van der Waals surface area contributed by atoms with Gasteiger partial charge in [-0.25, -0.2) is 0 Å². The molecule has 1 amide bonds. The molecule has 0 spiro atoms. The lowest BCUT2D eigenvalue weighted by Gasteiger charge is -2.23. The molecule has 3 N–H and O–H groups in total. The maximum atomic E-state index is 12.7. The third kappa shape index (κ3) is 3.72. The molecule has 3 rings (SSSR count). The van der Waals surface area contributed by atoms with Crippen molar-refractivity contribution >= 4 is 11.6 Å². The fraction of sp³-hybridized carbons (Fsp3) is 0.333. The first-order valence-electron chi connectivity index (χ1n) is 8.08. The van der Waals surface area contributed by atoms with E-state index in [4.69, 9.17) is 5.73 Å². The lowest BCUT2D eigenvalue weighted by molar-refractivity contribution is 0.0674. The molecule has 0 bridgehead atoms. The predicted octanol–water partition coefficient (Wildman–Crippen LogP) is 0.864. The van der Waals surface area contributed by atoms with Crippen LogP contribution in [0.2, 0.25) is 0 Å².